The third-order valence-corrected chi connectivity index (χ3v) is 6.29. The predicted molar refractivity (Wildman–Crippen MR) is 99.1 cm³/mol. The van der Waals surface area contributed by atoms with E-state index in [1.807, 2.05) is 13.0 Å². The van der Waals surface area contributed by atoms with Gasteiger partial charge in [-0.2, -0.15) is 5.10 Å². The van der Waals surface area contributed by atoms with Crippen molar-refractivity contribution in [3.05, 3.63) is 46.4 Å². The van der Waals surface area contributed by atoms with Crippen LogP contribution >= 0.6 is 0 Å². The third-order valence-electron chi connectivity index (χ3n) is 4.78. The van der Waals surface area contributed by atoms with E-state index in [-0.39, 0.29) is 11.4 Å². The third kappa shape index (κ3) is 3.09. The number of fused-ring (bicyclic) bond motifs is 1. The Bertz CT molecular complexity index is 1040. The molecule has 25 heavy (non-hydrogen) atoms. The number of aryl methyl sites for hydroxylation is 4. The van der Waals surface area contributed by atoms with Gasteiger partial charge in [0, 0.05) is 24.7 Å². The molecular weight excluding hydrogens is 336 g/mol. The maximum absolute atomic E-state index is 12.6. The first kappa shape index (κ1) is 17.7. The lowest BCUT2D eigenvalue weighted by Crippen LogP contribution is -2.24. The van der Waals surface area contributed by atoms with E-state index in [1.165, 1.54) is 17.5 Å². The first-order valence-corrected chi connectivity index (χ1v) is 9.81. The van der Waals surface area contributed by atoms with Crippen molar-refractivity contribution in [1.82, 2.24) is 19.5 Å². The summed E-state index contributed by atoms with van der Waals surface area (Å²) in [4.78, 5) is 3.67. The average molecular weight is 360 g/mol. The van der Waals surface area contributed by atoms with E-state index in [1.54, 1.807) is 18.7 Å². The van der Waals surface area contributed by atoms with Gasteiger partial charge >= 0.3 is 0 Å². The Labute approximate surface area is 148 Å². The van der Waals surface area contributed by atoms with E-state index in [4.69, 9.17) is 0 Å². The molecule has 3 rings (SSSR count). The lowest BCUT2D eigenvalue weighted by Gasteiger charge is -2.09. The van der Waals surface area contributed by atoms with Crippen LogP contribution in [-0.4, -0.2) is 23.2 Å². The molecule has 0 aliphatic carbocycles. The van der Waals surface area contributed by atoms with Crippen LogP contribution in [0.2, 0.25) is 0 Å². The molecule has 6 nitrogen and oxygen atoms in total. The van der Waals surface area contributed by atoms with Crippen LogP contribution in [0.15, 0.2) is 23.2 Å². The van der Waals surface area contributed by atoms with Gasteiger partial charge in [0.25, 0.3) is 0 Å². The van der Waals surface area contributed by atoms with Gasteiger partial charge in [0.1, 0.15) is 4.90 Å². The summed E-state index contributed by atoms with van der Waals surface area (Å²) in [6.45, 7) is 8.22. The Morgan fingerprint density at radius 1 is 1.24 bits per heavy atom. The smallest absolute Gasteiger partial charge is 0.244 e. The molecule has 0 bridgehead atoms. The number of H-pyrrole nitrogens is 1. The molecule has 0 aliphatic rings. The van der Waals surface area contributed by atoms with E-state index < -0.39 is 10.0 Å². The summed E-state index contributed by atoms with van der Waals surface area (Å²) >= 11 is 0. The van der Waals surface area contributed by atoms with E-state index in [2.05, 4.69) is 34.7 Å². The SMILES string of the molecule is CCc1[nH]c2c(CNS(=O)(=O)c3cnn(C)c3C)cc(C)cc2c1C. The van der Waals surface area contributed by atoms with Crippen LogP contribution in [0.3, 0.4) is 0 Å². The van der Waals surface area contributed by atoms with Crippen molar-refractivity contribution >= 4 is 20.9 Å². The second-order valence-corrected chi connectivity index (χ2v) is 8.21. The van der Waals surface area contributed by atoms with Crippen LogP contribution in [0.5, 0.6) is 0 Å². The minimum Gasteiger partial charge on any atom is -0.358 e. The number of hydrogen-bond acceptors (Lipinski definition) is 3. The number of aromatic nitrogens is 3. The number of benzene rings is 1. The lowest BCUT2D eigenvalue weighted by molar-refractivity contribution is 0.580. The molecule has 0 unspecified atom stereocenters. The summed E-state index contributed by atoms with van der Waals surface area (Å²) in [5, 5.41) is 5.17. The fourth-order valence-electron chi connectivity index (χ4n) is 3.20. The first-order chi connectivity index (χ1) is 11.7. The second kappa shape index (κ2) is 6.31. The van der Waals surface area contributed by atoms with Crippen LogP contribution < -0.4 is 4.72 Å². The Kier molecular flexibility index (Phi) is 4.47. The van der Waals surface area contributed by atoms with Crippen molar-refractivity contribution in [3.8, 4) is 0 Å². The summed E-state index contributed by atoms with van der Waals surface area (Å²) < 4.78 is 29.5. The van der Waals surface area contributed by atoms with Gasteiger partial charge in [0.15, 0.2) is 0 Å². The number of hydrogen-bond donors (Lipinski definition) is 2. The molecule has 2 aromatic heterocycles. The highest BCUT2D eigenvalue weighted by atomic mass is 32.2. The molecule has 2 heterocycles. The molecule has 7 heteroatoms. The second-order valence-electron chi connectivity index (χ2n) is 6.47. The maximum atomic E-state index is 12.6. The highest BCUT2D eigenvalue weighted by Gasteiger charge is 2.20. The van der Waals surface area contributed by atoms with Gasteiger partial charge in [-0.05, 0) is 44.4 Å². The van der Waals surface area contributed by atoms with Crippen LogP contribution in [0.25, 0.3) is 10.9 Å². The lowest BCUT2D eigenvalue weighted by atomic mass is 10.0. The fraction of sp³-hybridized carbons (Fsp3) is 0.389. The zero-order valence-electron chi connectivity index (χ0n) is 15.3. The monoisotopic (exact) mass is 360 g/mol. The summed E-state index contributed by atoms with van der Waals surface area (Å²) in [7, 11) is -1.88. The molecule has 0 fully saturated rings. The zero-order valence-corrected chi connectivity index (χ0v) is 16.1. The maximum Gasteiger partial charge on any atom is 0.244 e. The Hall–Kier alpha value is -2.12. The van der Waals surface area contributed by atoms with Crippen molar-refractivity contribution in [2.75, 3.05) is 0 Å². The van der Waals surface area contributed by atoms with Gasteiger partial charge in [0.05, 0.1) is 17.4 Å². The Balaban J connectivity index is 1.97. The molecule has 0 spiro atoms. The minimum atomic E-state index is -3.61. The van der Waals surface area contributed by atoms with Gasteiger partial charge in [0.2, 0.25) is 10.0 Å². The molecule has 0 radical (unpaired) electrons. The van der Waals surface area contributed by atoms with E-state index in [0.717, 1.165) is 28.5 Å². The van der Waals surface area contributed by atoms with Crippen molar-refractivity contribution in [3.63, 3.8) is 0 Å². The highest BCUT2D eigenvalue weighted by Crippen LogP contribution is 2.27. The van der Waals surface area contributed by atoms with E-state index in [9.17, 15) is 8.42 Å². The van der Waals surface area contributed by atoms with Gasteiger partial charge in [-0.25, -0.2) is 13.1 Å². The summed E-state index contributed by atoms with van der Waals surface area (Å²) in [6, 6.07) is 4.17. The zero-order chi connectivity index (χ0) is 18.4. The van der Waals surface area contributed by atoms with Gasteiger partial charge < -0.3 is 4.98 Å². The van der Waals surface area contributed by atoms with Crippen molar-refractivity contribution in [1.29, 1.82) is 0 Å². The predicted octanol–water partition coefficient (Wildman–Crippen LogP) is 2.87. The van der Waals surface area contributed by atoms with Crippen LogP contribution in [0, 0.1) is 20.8 Å². The van der Waals surface area contributed by atoms with Crippen molar-refractivity contribution < 1.29 is 8.42 Å². The van der Waals surface area contributed by atoms with Crippen LogP contribution in [0.4, 0.5) is 0 Å². The van der Waals surface area contributed by atoms with Gasteiger partial charge in [-0.3, -0.25) is 4.68 Å². The molecule has 0 saturated carbocycles. The van der Waals surface area contributed by atoms with Crippen LogP contribution in [-0.2, 0) is 30.0 Å². The minimum absolute atomic E-state index is 0.218. The molecule has 0 amide bonds. The quantitative estimate of drug-likeness (QED) is 0.734. The molecule has 0 aliphatic heterocycles. The molecule has 1 aromatic carbocycles. The highest BCUT2D eigenvalue weighted by molar-refractivity contribution is 7.89. The first-order valence-electron chi connectivity index (χ1n) is 8.33. The molecule has 0 saturated heterocycles. The number of sulfonamides is 1. The fourth-order valence-corrected chi connectivity index (χ4v) is 4.41. The average Bonchev–Trinajstić information content (AvgIpc) is 3.06. The Morgan fingerprint density at radius 3 is 2.56 bits per heavy atom. The summed E-state index contributed by atoms with van der Waals surface area (Å²) in [5.41, 5.74) is 6.10. The molecule has 3 aromatic rings. The normalized spacial score (nSPS) is 12.2. The molecule has 0 atom stereocenters. The standard InChI is InChI=1S/C18H24N4O2S/c1-6-16-12(3)15-8-11(2)7-14(18(15)21-16)9-20-25(23,24)17-10-19-22(5)13(17)4/h7-8,10,20-21H,6,9H2,1-5H3. The molecule has 134 valence electrons. The van der Waals surface area contributed by atoms with E-state index >= 15 is 0 Å². The van der Waals surface area contributed by atoms with Crippen LogP contribution in [0.1, 0.15) is 35.0 Å². The van der Waals surface area contributed by atoms with Gasteiger partial charge in [-0.1, -0.05) is 18.6 Å². The number of nitrogens with zero attached hydrogens (tertiary/aromatic N) is 2. The van der Waals surface area contributed by atoms with Crippen molar-refractivity contribution in [2.24, 2.45) is 7.05 Å². The van der Waals surface area contributed by atoms with Gasteiger partial charge in [-0.15, -0.1) is 0 Å². The summed E-state index contributed by atoms with van der Waals surface area (Å²) in [5.74, 6) is 0. The van der Waals surface area contributed by atoms with E-state index in [0.29, 0.717) is 5.69 Å². The number of nitrogens with one attached hydrogen (secondary N) is 2. The number of rotatable bonds is 5. The Morgan fingerprint density at radius 2 is 1.96 bits per heavy atom. The molecule has 2 N–H and O–H groups in total. The summed E-state index contributed by atoms with van der Waals surface area (Å²) in [6.07, 6.45) is 2.30. The topological polar surface area (TPSA) is 79.8 Å². The largest absolute Gasteiger partial charge is 0.358 e. The van der Waals surface area contributed by atoms with Crippen molar-refractivity contribution in [2.45, 2.75) is 45.6 Å². The molecular formula is C18H24N4O2S. The number of aromatic amines is 1.